The van der Waals surface area contributed by atoms with Gasteiger partial charge in [-0.2, -0.15) is 0 Å². The predicted molar refractivity (Wildman–Crippen MR) is 95.5 cm³/mol. The zero-order valence-electron chi connectivity index (χ0n) is 13.7. The third kappa shape index (κ3) is 5.14. The van der Waals surface area contributed by atoms with E-state index in [1.165, 1.54) is 25.2 Å². The van der Waals surface area contributed by atoms with E-state index in [-0.39, 0.29) is 22.2 Å². The molecule has 0 aromatic heterocycles. The van der Waals surface area contributed by atoms with E-state index >= 15 is 0 Å². The molecule has 0 saturated carbocycles. The molecule has 0 spiro atoms. The smallest absolute Gasteiger partial charge is 0.240 e. The molecule has 0 bridgehead atoms. The van der Waals surface area contributed by atoms with E-state index < -0.39 is 20.0 Å². The first-order valence-corrected chi connectivity index (χ1v) is 10.5. The Morgan fingerprint density at radius 3 is 2.46 bits per heavy atom. The molecular weight excluding hydrogens is 374 g/mol. The quantitative estimate of drug-likeness (QED) is 0.625. The summed E-state index contributed by atoms with van der Waals surface area (Å²) in [5, 5.41) is 3.24. The van der Waals surface area contributed by atoms with E-state index in [1.807, 2.05) is 0 Å². The first kappa shape index (κ1) is 21.3. The van der Waals surface area contributed by atoms with Gasteiger partial charge in [0.15, 0.2) is 0 Å². The van der Waals surface area contributed by atoms with Crippen LogP contribution in [0.5, 0.6) is 0 Å². The first-order valence-electron chi connectivity index (χ1n) is 7.51. The second-order valence-corrected chi connectivity index (χ2v) is 9.30. The standard InChI is InChI=1S/C14H23N3O4S2.ClH/c1-11-9-13(3-4-14(11)23(20,21)15-2)22(18,19)17-8-6-12-5-7-16-10-12;/h3-4,9,12,15-17H,5-8,10H2,1-2H3;1H. The van der Waals surface area contributed by atoms with Crippen molar-refractivity contribution in [1.82, 2.24) is 14.8 Å². The monoisotopic (exact) mass is 397 g/mol. The summed E-state index contributed by atoms with van der Waals surface area (Å²) in [6, 6.07) is 4.01. The van der Waals surface area contributed by atoms with Crippen molar-refractivity contribution in [1.29, 1.82) is 0 Å². The van der Waals surface area contributed by atoms with Gasteiger partial charge in [-0.1, -0.05) is 0 Å². The highest BCUT2D eigenvalue weighted by Crippen LogP contribution is 2.19. The molecule has 1 aromatic carbocycles. The fourth-order valence-electron chi connectivity index (χ4n) is 2.64. The minimum Gasteiger partial charge on any atom is -0.316 e. The fourth-order valence-corrected chi connectivity index (χ4v) is 4.72. The highest BCUT2D eigenvalue weighted by molar-refractivity contribution is 7.90. The molecule has 1 unspecified atom stereocenters. The number of hydrogen-bond donors (Lipinski definition) is 3. The summed E-state index contributed by atoms with van der Waals surface area (Å²) >= 11 is 0. The molecule has 138 valence electrons. The molecule has 2 rings (SSSR count). The van der Waals surface area contributed by atoms with Gasteiger partial charge in [-0.15, -0.1) is 12.4 Å². The average molecular weight is 398 g/mol. The zero-order valence-corrected chi connectivity index (χ0v) is 16.2. The van der Waals surface area contributed by atoms with Crippen LogP contribution in [0.1, 0.15) is 18.4 Å². The van der Waals surface area contributed by atoms with Gasteiger partial charge < -0.3 is 5.32 Å². The Labute approximate surface area is 150 Å². The molecule has 7 nitrogen and oxygen atoms in total. The van der Waals surface area contributed by atoms with Crippen LogP contribution in [0.4, 0.5) is 0 Å². The number of halogens is 1. The summed E-state index contributed by atoms with van der Waals surface area (Å²) in [7, 11) is -5.90. The van der Waals surface area contributed by atoms with Crippen molar-refractivity contribution < 1.29 is 16.8 Å². The summed E-state index contributed by atoms with van der Waals surface area (Å²) < 4.78 is 53.0. The van der Waals surface area contributed by atoms with E-state index in [4.69, 9.17) is 0 Å². The lowest BCUT2D eigenvalue weighted by atomic mass is 10.1. The van der Waals surface area contributed by atoms with Crippen molar-refractivity contribution in [2.45, 2.75) is 29.6 Å². The molecule has 3 N–H and O–H groups in total. The number of sulfonamides is 2. The Morgan fingerprint density at radius 1 is 1.21 bits per heavy atom. The van der Waals surface area contributed by atoms with Crippen LogP contribution in [0, 0.1) is 12.8 Å². The Morgan fingerprint density at radius 2 is 1.92 bits per heavy atom. The minimum absolute atomic E-state index is 0. The number of benzene rings is 1. The summed E-state index contributed by atoms with van der Waals surface area (Å²) in [6.45, 7) is 3.87. The van der Waals surface area contributed by atoms with Gasteiger partial charge in [0.05, 0.1) is 9.79 Å². The molecule has 24 heavy (non-hydrogen) atoms. The van der Waals surface area contributed by atoms with E-state index in [0.717, 1.165) is 25.9 Å². The van der Waals surface area contributed by atoms with Crippen LogP contribution >= 0.6 is 12.4 Å². The zero-order chi connectivity index (χ0) is 17.1. The van der Waals surface area contributed by atoms with Crippen LogP contribution in [0.2, 0.25) is 0 Å². The van der Waals surface area contributed by atoms with Gasteiger partial charge in [0.25, 0.3) is 0 Å². The van der Waals surface area contributed by atoms with Crippen molar-refractivity contribution >= 4 is 32.5 Å². The van der Waals surface area contributed by atoms with Crippen LogP contribution < -0.4 is 14.8 Å². The number of nitrogens with one attached hydrogen (secondary N) is 3. The molecule has 10 heteroatoms. The maximum atomic E-state index is 12.3. The van der Waals surface area contributed by atoms with Crippen LogP contribution in [0.15, 0.2) is 28.0 Å². The molecule has 0 radical (unpaired) electrons. The lowest BCUT2D eigenvalue weighted by Crippen LogP contribution is -2.27. The largest absolute Gasteiger partial charge is 0.316 e. The normalized spacial score (nSPS) is 18.3. The van der Waals surface area contributed by atoms with Crippen molar-refractivity contribution in [2.75, 3.05) is 26.7 Å². The first-order chi connectivity index (χ1) is 10.8. The molecule has 1 atom stereocenters. The maximum Gasteiger partial charge on any atom is 0.240 e. The summed E-state index contributed by atoms with van der Waals surface area (Å²) in [6.07, 6.45) is 1.86. The molecule has 1 aromatic rings. The molecular formula is C14H24ClN3O4S2. The minimum atomic E-state index is -3.63. The van der Waals surface area contributed by atoms with Crippen LogP contribution in [0.3, 0.4) is 0 Å². The number of hydrogen-bond acceptors (Lipinski definition) is 5. The molecule has 1 saturated heterocycles. The van der Waals surface area contributed by atoms with Gasteiger partial charge in [-0.05, 0) is 69.6 Å². The van der Waals surface area contributed by atoms with Gasteiger partial charge in [-0.25, -0.2) is 26.3 Å². The third-order valence-corrected chi connectivity index (χ3v) is 7.06. The van der Waals surface area contributed by atoms with Crippen molar-refractivity contribution in [3.63, 3.8) is 0 Å². The van der Waals surface area contributed by atoms with Gasteiger partial charge in [0.1, 0.15) is 0 Å². The van der Waals surface area contributed by atoms with E-state index in [0.29, 0.717) is 18.0 Å². The lowest BCUT2D eigenvalue weighted by molar-refractivity contribution is 0.519. The van der Waals surface area contributed by atoms with Gasteiger partial charge in [0, 0.05) is 6.54 Å². The Bertz CT molecular complexity index is 760. The van der Waals surface area contributed by atoms with E-state index in [1.54, 1.807) is 6.92 Å². The van der Waals surface area contributed by atoms with E-state index in [2.05, 4.69) is 14.8 Å². The lowest BCUT2D eigenvalue weighted by Gasteiger charge is -2.12. The van der Waals surface area contributed by atoms with Crippen molar-refractivity contribution in [2.24, 2.45) is 5.92 Å². The molecule has 0 aliphatic carbocycles. The second-order valence-electron chi connectivity index (χ2n) is 5.68. The third-order valence-electron chi connectivity index (χ3n) is 4.02. The summed E-state index contributed by atoms with van der Waals surface area (Å²) in [4.78, 5) is 0.158. The van der Waals surface area contributed by atoms with Crippen LogP contribution in [-0.4, -0.2) is 43.5 Å². The van der Waals surface area contributed by atoms with E-state index in [9.17, 15) is 16.8 Å². The maximum absolute atomic E-state index is 12.3. The second kappa shape index (κ2) is 8.59. The van der Waals surface area contributed by atoms with Gasteiger partial charge in [-0.3, -0.25) is 0 Å². The topological polar surface area (TPSA) is 104 Å². The summed E-state index contributed by atoms with van der Waals surface area (Å²) in [5.41, 5.74) is 0.391. The Hall–Kier alpha value is -0.710. The highest BCUT2D eigenvalue weighted by Gasteiger charge is 2.20. The van der Waals surface area contributed by atoms with Crippen LogP contribution in [-0.2, 0) is 20.0 Å². The van der Waals surface area contributed by atoms with Gasteiger partial charge >= 0.3 is 0 Å². The number of aryl methyl sites for hydroxylation is 1. The highest BCUT2D eigenvalue weighted by atomic mass is 35.5. The molecule has 1 aliphatic heterocycles. The Kier molecular flexibility index (Phi) is 7.64. The van der Waals surface area contributed by atoms with Crippen LogP contribution in [0.25, 0.3) is 0 Å². The van der Waals surface area contributed by atoms with Gasteiger partial charge in [0.2, 0.25) is 20.0 Å². The number of rotatable bonds is 7. The van der Waals surface area contributed by atoms with Crippen molar-refractivity contribution in [3.8, 4) is 0 Å². The molecule has 1 heterocycles. The summed E-state index contributed by atoms with van der Waals surface area (Å²) in [5.74, 6) is 0.502. The van der Waals surface area contributed by atoms with Crippen molar-refractivity contribution in [3.05, 3.63) is 23.8 Å². The Balaban J connectivity index is 0.00000288. The molecule has 0 amide bonds. The predicted octanol–water partition coefficient (Wildman–Crippen LogP) is 0.603. The molecule has 1 aliphatic rings. The molecule has 1 fully saturated rings. The SMILES string of the molecule is CNS(=O)(=O)c1ccc(S(=O)(=O)NCCC2CCNC2)cc1C.Cl. The fraction of sp³-hybridized carbons (Fsp3) is 0.571. The average Bonchev–Trinajstić information content (AvgIpc) is 3.00.